The minimum Gasteiger partial charge on any atom is -0.469 e. The van der Waals surface area contributed by atoms with Crippen molar-refractivity contribution in [1.29, 1.82) is 0 Å². The van der Waals surface area contributed by atoms with Crippen LogP contribution in [0.3, 0.4) is 0 Å². The van der Waals surface area contributed by atoms with E-state index in [9.17, 15) is 19.2 Å². The first kappa shape index (κ1) is 20.7. The van der Waals surface area contributed by atoms with E-state index in [1.165, 1.54) is 13.4 Å². The maximum Gasteiger partial charge on any atom is 0.307 e. The average molecular weight is 458 g/mol. The topological polar surface area (TPSA) is 109 Å². The van der Waals surface area contributed by atoms with E-state index < -0.39 is 47.1 Å². The Kier molecular flexibility index (Phi) is 4.83. The Morgan fingerprint density at radius 2 is 1.97 bits per heavy atom. The van der Waals surface area contributed by atoms with Crippen LogP contribution >= 0.6 is 11.6 Å². The summed E-state index contributed by atoms with van der Waals surface area (Å²) in [7, 11) is 1.22. The van der Waals surface area contributed by atoms with E-state index in [0.717, 1.165) is 4.90 Å². The molecule has 3 amide bonds. The molecule has 32 heavy (non-hydrogen) atoms. The number of hydrogen-bond donors (Lipinski definition) is 1. The van der Waals surface area contributed by atoms with Crippen molar-refractivity contribution in [2.75, 3.05) is 25.1 Å². The molecule has 3 aliphatic heterocycles. The van der Waals surface area contributed by atoms with E-state index in [0.29, 0.717) is 29.6 Å². The average Bonchev–Trinajstić information content (AvgIpc) is 3.46. The molecule has 0 aliphatic carbocycles. The number of piperazine rings is 1. The van der Waals surface area contributed by atoms with Crippen molar-refractivity contribution >= 4 is 41.0 Å². The lowest BCUT2D eigenvalue weighted by atomic mass is 9.76. The van der Waals surface area contributed by atoms with Gasteiger partial charge in [-0.15, -0.1) is 0 Å². The van der Waals surface area contributed by atoms with Gasteiger partial charge < -0.3 is 14.5 Å². The molecule has 1 aromatic carbocycles. The molecule has 0 spiro atoms. The number of imide groups is 1. The van der Waals surface area contributed by atoms with Gasteiger partial charge in [-0.2, -0.15) is 0 Å². The molecule has 1 N–H and O–H groups in total. The van der Waals surface area contributed by atoms with Gasteiger partial charge in [-0.05, 0) is 36.4 Å². The third kappa shape index (κ3) is 2.74. The molecule has 4 heterocycles. The van der Waals surface area contributed by atoms with Crippen LogP contribution in [0.5, 0.6) is 0 Å². The highest BCUT2D eigenvalue weighted by Crippen LogP contribution is 2.57. The number of benzene rings is 1. The highest BCUT2D eigenvalue weighted by molar-refractivity contribution is 6.31. The van der Waals surface area contributed by atoms with Crippen LogP contribution in [0, 0.1) is 11.8 Å². The summed E-state index contributed by atoms with van der Waals surface area (Å²) in [6.07, 6.45) is 1.12. The molecule has 3 aliphatic rings. The molecule has 3 saturated heterocycles. The maximum absolute atomic E-state index is 13.8. The Labute approximate surface area is 188 Å². The number of furan rings is 1. The van der Waals surface area contributed by atoms with Crippen LogP contribution in [0.15, 0.2) is 47.1 Å². The Hall–Kier alpha value is -3.17. The smallest absolute Gasteiger partial charge is 0.307 e. The molecule has 9 nitrogen and oxygen atoms in total. The molecule has 0 unspecified atom stereocenters. The van der Waals surface area contributed by atoms with Crippen molar-refractivity contribution in [2.45, 2.75) is 18.0 Å². The summed E-state index contributed by atoms with van der Waals surface area (Å²) in [5.41, 5.74) is -1.21. The van der Waals surface area contributed by atoms with E-state index in [-0.39, 0.29) is 6.42 Å². The number of fused-ring (bicyclic) bond motifs is 3. The van der Waals surface area contributed by atoms with Gasteiger partial charge in [-0.1, -0.05) is 11.6 Å². The number of nitrogens with one attached hydrogen (secondary N) is 1. The Morgan fingerprint density at radius 1 is 1.22 bits per heavy atom. The SMILES string of the molecule is COC(=O)C[C@]12C(=O)NCCN1[C@H](c1ccco1)[C@H]1C(=O)N(c3ccc(Cl)cc3)C(=O)[C@@H]12. The molecule has 4 atom stereocenters. The largest absolute Gasteiger partial charge is 0.469 e. The Morgan fingerprint density at radius 3 is 2.62 bits per heavy atom. The van der Waals surface area contributed by atoms with E-state index >= 15 is 0 Å². The molecule has 1 aromatic heterocycles. The number of methoxy groups -OCH3 is 1. The number of ether oxygens (including phenoxy) is 1. The molecule has 0 saturated carbocycles. The summed E-state index contributed by atoms with van der Waals surface area (Å²) >= 11 is 5.97. The zero-order valence-corrected chi connectivity index (χ0v) is 17.9. The van der Waals surface area contributed by atoms with Crippen LogP contribution in [-0.2, 0) is 23.9 Å². The first-order valence-corrected chi connectivity index (χ1v) is 10.6. The van der Waals surface area contributed by atoms with Gasteiger partial charge in [-0.25, -0.2) is 4.90 Å². The van der Waals surface area contributed by atoms with Crippen LogP contribution in [0.4, 0.5) is 5.69 Å². The first-order valence-electron chi connectivity index (χ1n) is 10.2. The fourth-order valence-electron chi connectivity index (χ4n) is 5.40. The van der Waals surface area contributed by atoms with Gasteiger partial charge in [0.1, 0.15) is 11.3 Å². The first-order chi connectivity index (χ1) is 15.4. The minimum absolute atomic E-state index is 0.321. The van der Waals surface area contributed by atoms with Crippen LogP contribution in [-0.4, -0.2) is 54.3 Å². The van der Waals surface area contributed by atoms with Gasteiger partial charge in [0.05, 0.1) is 43.4 Å². The summed E-state index contributed by atoms with van der Waals surface area (Å²) < 4.78 is 10.5. The number of amides is 3. The summed E-state index contributed by atoms with van der Waals surface area (Å²) in [6, 6.07) is 9.04. The van der Waals surface area contributed by atoms with E-state index in [4.69, 9.17) is 20.8 Å². The minimum atomic E-state index is -1.57. The fraction of sp³-hybridized carbons (Fsp3) is 0.364. The van der Waals surface area contributed by atoms with E-state index in [2.05, 4.69) is 5.32 Å². The van der Waals surface area contributed by atoms with Crippen LogP contribution in [0.2, 0.25) is 5.02 Å². The summed E-state index contributed by atoms with van der Waals surface area (Å²) in [4.78, 5) is 56.1. The van der Waals surface area contributed by atoms with Crippen molar-refractivity contribution in [3.8, 4) is 0 Å². The number of hydrogen-bond acceptors (Lipinski definition) is 7. The summed E-state index contributed by atoms with van der Waals surface area (Å²) in [6.45, 7) is 0.671. The van der Waals surface area contributed by atoms with Gasteiger partial charge in [0.2, 0.25) is 17.7 Å². The zero-order chi connectivity index (χ0) is 22.6. The lowest BCUT2D eigenvalue weighted by Crippen LogP contribution is -2.67. The van der Waals surface area contributed by atoms with Crippen molar-refractivity contribution in [3.63, 3.8) is 0 Å². The Balaban J connectivity index is 1.69. The molecule has 10 heteroatoms. The number of esters is 1. The van der Waals surface area contributed by atoms with Crippen molar-refractivity contribution in [1.82, 2.24) is 10.2 Å². The molecular weight excluding hydrogens is 438 g/mol. The molecule has 5 rings (SSSR count). The fourth-order valence-corrected chi connectivity index (χ4v) is 5.53. The lowest BCUT2D eigenvalue weighted by Gasteiger charge is -2.44. The maximum atomic E-state index is 13.8. The quantitative estimate of drug-likeness (QED) is 0.547. The van der Waals surface area contributed by atoms with Crippen molar-refractivity contribution in [2.24, 2.45) is 11.8 Å². The summed E-state index contributed by atoms with van der Waals surface area (Å²) in [5, 5.41) is 3.24. The Bertz CT molecular complexity index is 1100. The number of rotatable bonds is 4. The van der Waals surface area contributed by atoms with E-state index in [1.807, 2.05) is 0 Å². The van der Waals surface area contributed by atoms with Gasteiger partial charge in [0.25, 0.3) is 0 Å². The van der Waals surface area contributed by atoms with Crippen LogP contribution < -0.4 is 10.2 Å². The van der Waals surface area contributed by atoms with Gasteiger partial charge in [0.15, 0.2) is 0 Å². The van der Waals surface area contributed by atoms with Gasteiger partial charge >= 0.3 is 5.97 Å². The molecular formula is C22H20ClN3O6. The second-order valence-electron chi connectivity index (χ2n) is 8.08. The third-order valence-corrected chi connectivity index (χ3v) is 6.90. The zero-order valence-electron chi connectivity index (χ0n) is 17.1. The van der Waals surface area contributed by atoms with E-state index in [1.54, 1.807) is 41.3 Å². The highest BCUT2D eigenvalue weighted by Gasteiger charge is 2.73. The van der Waals surface area contributed by atoms with Crippen molar-refractivity contribution < 1.29 is 28.3 Å². The molecule has 2 aromatic rings. The van der Waals surface area contributed by atoms with Gasteiger partial charge in [0, 0.05) is 18.1 Å². The van der Waals surface area contributed by atoms with Crippen LogP contribution in [0.1, 0.15) is 18.2 Å². The predicted octanol–water partition coefficient (Wildman–Crippen LogP) is 1.53. The van der Waals surface area contributed by atoms with Gasteiger partial charge in [-0.3, -0.25) is 24.1 Å². The third-order valence-electron chi connectivity index (χ3n) is 6.65. The molecule has 166 valence electrons. The molecule has 3 fully saturated rings. The normalized spacial score (nSPS) is 29.6. The number of carbonyl (C=O) groups excluding carboxylic acids is 4. The number of nitrogens with zero attached hydrogens (tertiary/aromatic N) is 2. The number of halogens is 1. The number of carbonyl (C=O) groups is 4. The highest BCUT2D eigenvalue weighted by atomic mass is 35.5. The predicted molar refractivity (Wildman–Crippen MR) is 111 cm³/mol. The van der Waals surface area contributed by atoms with Crippen molar-refractivity contribution in [3.05, 3.63) is 53.4 Å². The van der Waals surface area contributed by atoms with Crippen LogP contribution in [0.25, 0.3) is 0 Å². The second-order valence-corrected chi connectivity index (χ2v) is 8.51. The lowest BCUT2D eigenvalue weighted by molar-refractivity contribution is -0.154. The second kappa shape index (κ2) is 7.46. The molecule has 0 bridgehead atoms. The molecule has 0 radical (unpaired) electrons. The standard InChI is InChI=1S/C22H20ClN3O6/c1-31-15(27)11-22-17-16(19(28)26(20(17)29)13-6-4-12(23)5-7-13)18(14-3-2-10-32-14)25(22)9-8-24-21(22)30/h2-7,10,16-18H,8-9,11H2,1H3,(H,24,30)/t16-,17+,18+,22-/m0/s1. The summed E-state index contributed by atoms with van der Waals surface area (Å²) in [5.74, 6) is -3.63. The number of anilines is 1. The monoisotopic (exact) mass is 457 g/mol.